The SMILES string of the molecule is CN1CCN(CC(S)COCC(F)(F)C(F)F)CC1. The molecule has 1 aliphatic rings. The minimum atomic E-state index is -4.08. The lowest BCUT2D eigenvalue weighted by atomic mass is 10.3. The van der Waals surface area contributed by atoms with Crippen LogP contribution in [0, 0.1) is 0 Å². The molecule has 0 aromatic heterocycles. The van der Waals surface area contributed by atoms with Crippen LogP contribution >= 0.6 is 12.6 Å². The molecule has 1 fully saturated rings. The standard InChI is InChI=1S/C11H20F4N2OS/c1-16-2-4-17(5-3-16)6-9(19)7-18-8-11(14,15)10(12)13/h9-10,19H,2-8H2,1H3. The van der Waals surface area contributed by atoms with Crippen LogP contribution in [0.25, 0.3) is 0 Å². The van der Waals surface area contributed by atoms with Crippen molar-refractivity contribution in [1.29, 1.82) is 0 Å². The predicted octanol–water partition coefficient (Wildman–Crippen LogP) is 1.45. The smallest absolute Gasteiger partial charge is 0.330 e. The van der Waals surface area contributed by atoms with Gasteiger partial charge in [-0.25, -0.2) is 8.78 Å². The van der Waals surface area contributed by atoms with Gasteiger partial charge in [0.05, 0.1) is 6.61 Å². The van der Waals surface area contributed by atoms with Gasteiger partial charge in [-0.15, -0.1) is 0 Å². The van der Waals surface area contributed by atoms with Gasteiger partial charge in [0.15, 0.2) is 0 Å². The van der Waals surface area contributed by atoms with Crippen molar-refractivity contribution in [3.8, 4) is 0 Å². The first-order chi connectivity index (χ1) is 8.81. The molecule has 0 radical (unpaired) electrons. The number of likely N-dealkylation sites (N-methyl/N-ethyl adjacent to an activating group) is 1. The van der Waals surface area contributed by atoms with Crippen LogP contribution in [-0.2, 0) is 4.74 Å². The van der Waals surface area contributed by atoms with Gasteiger partial charge in [0, 0.05) is 38.0 Å². The molecular weight excluding hydrogens is 284 g/mol. The van der Waals surface area contributed by atoms with E-state index in [2.05, 4.69) is 27.2 Å². The minimum absolute atomic E-state index is 0.0578. The summed E-state index contributed by atoms with van der Waals surface area (Å²) in [6.07, 6.45) is -3.69. The van der Waals surface area contributed by atoms with Crippen molar-refractivity contribution in [2.45, 2.75) is 17.6 Å². The van der Waals surface area contributed by atoms with Gasteiger partial charge >= 0.3 is 12.3 Å². The number of ether oxygens (including phenoxy) is 1. The number of thiol groups is 1. The molecule has 0 aromatic carbocycles. The van der Waals surface area contributed by atoms with Crippen molar-refractivity contribution >= 4 is 12.6 Å². The molecule has 0 aromatic rings. The van der Waals surface area contributed by atoms with E-state index in [1.807, 2.05) is 7.05 Å². The summed E-state index contributed by atoms with van der Waals surface area (Å²) in [5.74, 6) is -4.08. The van der Waals surface area contributed by atoms with Crippen molar-refractivity contribution < 1.29 is 22.3 Å². The van der Waals surface area contributed by atoms with Crippen molar-refractivity contribution in [1.82, 2.24) is 9.80 Å². The largest absolute Gasteiger partial charge is 0.374 e. The van der Waals surface area contributed by atoms with Crippen LogP contribution in [0.5, 0.6) is 0 Å². The van der Waals surface area contributed by atoms with E-state index in [0.29, 0.717) is 6.54 Å². The molecule has 0 bridgehead atoms. The van der Waals surface area contributed by atoms with Crippen LogP contribution < -0.4 is 0 Å². The fraction of sp³-hybridized carbons (Fsp3) is 1.00. The first kappa shape index (κ1) is 17.0. The highest BCUT2D eigenvalue weighted by atomic mass is 32.1. The van der Waals surface area contributed by atoms with E-state index in [9.17, 15) is 17.6 Å². The Morgan fingerprint density at radius 2 is 1.79 bits per heavy atom. The lowest BCUT2D eigenvalue weighted by Gasteiger charge is -2.33. The summed E-state index contributed by atoms with van der Waals surface area (Å²) in [4.78, 5) is 4.36. The van der Waals surface area contributed by atoms with E-state index in [1.54, 1.807) is 0 Å². The molecule has 1 unspecified atom stereocenters. The number of alkyl halides is 4. The molecule has 0 saturated carbocycles. The third-order valence-electron chi connectivity index (χ3n) is 2.99. The molecule has 1 atom stereocenters. The Balaban J connectivity index is 2.16. The van der Waals surface area contributed by atoms with Gasteiger partial charge in [-0.2, -0.15) is 21.4 Å². The maximum Gasteiger partial charge on any atom is 0.330 e. The number of rotatable bonds is 7. The Bertz CT molecular complexity index is 263. The van der Waals surface area contributed by atoms with Gasteiger partial charge in [0.1, 0.15) is 6.61 Å². The number of nitrogens with zero attached hydrogens (tertiary/aromatic N) is 2. The molecule has 114 valence electrons. The Labute approximate surface area is 116 Å². The number of hydrogen-bond acceptors (Lipinski definition) is 4. The molecule has 8 heteroatoms. The van der Waals surface area contributed by atoms with Crippen LogP contribution in [0.4, 0.5) is 17.6 Å². The minimum Gasteiger partial charge on any atom is -0.374 e. The molecule has 0 N–H and O–H groups in total. The summed E-state index contributed by atoms with van der Waals surface area (Å²) in [6, 6.07) is 0. The maximum absolute atomic E-state index is 12.6. The van der Waals surface area contributed by atoms with Gasteiger partial charge in [0.2, 0.25) is 0 Å². The monoisotopic (exact) mass is 304 g/mol. The van der Waals surface area contributed by atoms with E-state index in [0.717, 1.165) is 26.2 Å². The lowest BCUT2D eigenvalue weighted by Crippen LogP contribution is -2.47. The summed E-state index contributed by atoms with van der Waals surface area (Å²) >= 11 is 4.23. The Kier molecular flexibility index (Phi) is 6.85. The Hall–Kier alpha value is -0.0500. The van der Waals surface area contributed by atoms with Gasteiger partial charge in [-0.3, -0.25) is 4.90 Å². The fourth-order valence-corrected chi connectivity index (χ4v) is 2.11. The van der Waals surface area contributed by atoms with Crippen molar-refractivity contribution in [3.05, 3.63) is 0 Å². The van der Waals surface area contributed by atoms with Crippen molar-refractivity contribution in [2.24, 2.45) is 0 Å². The molecule has 1 aliphatic heterocycles. The quantitative estimate of drug-likeness (QED) is 0.566. The summed E-state index contributed by atoms with van der Waals surface area (Å²) in [5.41, 5.74) is 0. The Morgan fingerprint density at radius 3 is 2.32 bits per heavy atom. The average Bonchev–Trinajstić information content (AvgIpc) is 2.31. The van der Waals surface area contributed by atoms with E-state index >= 15 is 0 Å². The molecule has 3 nitrogen and oxygen atoms in total. The van der Waals surface area contributed by atoms with Crippen molar-refractivity contribution in [2.75, 3.05) is 53.0 Å². The Morgan fingerprint density at radius 1 is 1.21 bits per heavy atom. The highest BCUT2D eigenvalue weighted by Gasteiger charge is 2.41. The molecule has 1 heterocycles. The third-order valence-corrected chi connectivity index (χ3v) is 3.30. The van der Waals surface area contributed by atoms with E-state index in [1.165, 1.54) is 0 Å². The van der Waals surface area contributed by atoms with Gasteiger partial charge in [0.25, 0.3) is 0 Å². The first-order valence-electron chi connectivity index (χ1n) is 6.14. The third kappa shape index (κ3) is 6.29. The van der Waals surface area contributed by atoms with Crippen molar-refractivity contribution in [3.63, 3.8) is 0 Å². The van der Waals surface area contributed by atoms with Crippen LogP contribution in [-0.4, -0.2) is 80.4 Å². The topological polar surface area (TPSA) is 15.7 Å². The van der Waals surface area contributed by atoms with E-state index in [-0.39, 0.29) is 11.9 Å². The number of halogens is 4. The second-order valence-corrected chi connectivity index (χ2v) is 5.56. The summed E-state index contributed by atoms with van der Waals surface area (Å²) < 4.78 is 53.6. The van der Waals surface area contributed by atoms with Gasteiger partial charge < -0.3 is 9.64 Å². The lowest BCUT2D eigenvalue weighted by molar-refractivity contribution is -0.165. The van der Waals surface area contributed by atoms with E-state index in [4.69, 9.17) is 0 Å². The predicted molar refractivity (Wildman–Crippen MR) is 68.5 cm³/mol. The molecular formula is C11H20F4N2OS. The average molecular weight is 304 g/mol. The van der Waals surface area contributed by atoms with Gasteiger partial charge in [-0.1, -0.05) is 0 Å². The number of piperazine rings is 1. The van der Waals surface area contributed by atoms with Crippen LogP contribution in [0.2, 0.25) is 0 Å². The zero-order valence-electron chi connectivity index (χ0n) is 10.9. The molecule has 1 saturated heterocycles. The van der Waals surface area contributed by atoms with Crippen LogP contribution in [0.15, 0.2) is 0 Å². The summed E-state index contributed by atoms with van der Waals surface area (Å²) in [6.45, 7) is 2.97. The fourth-order valence-electron chi connectivity index (χ4n) is 1.78. The summed E-state index contributed by atoms with van der Waals surface area (Å²) in [7, 11) is 2.03. The molecule has 0 amide bonds. The van der Waals surface area contributed by atoms with Crippen LogP contribution in [0.3, 0.4) is 0 Å². The molecule has 19 heavy (non-hydrogen) atoms. The van der Waals surface area contributed by atoms with E-state index < -0.39 is 19.0 Å². The molecule has 0 aliphatic carbocycles. The second-order valence-electron chi connectivity index (χ2n) is 4.83. The first-order valence-corrected chi connectivity index (χ1v) is 6.65. The second kappa shape index (κ2) is 7.66. The molecule has 1 rings (SSSR count). The molecule has 0 spiro atoms. The van der Waals surface area contributed by atoms with Gasteiger partial charge in [-0.05, 0) is 7.05 Å². The highest BCUT2D eigenvalue weighted by molar-refractivity contribution is 7.81. The summed E-state index contributed by atoms with van der Waals surface area (Å²) in [5, 5.41) is -0.253. The highest BCUT2D eigenvalue weighted by Crippen LogP contribution is 2.23. The normalized spacial score (nSPS) is 21.0. The van der Waals surface area contributed by atoms with Crippen LogP contribution in [0.1, 0.15) is 0 Å². The zero-order valence-corrected chi connectivity index (χ0v) is 11.8. The maximum atomic E-state index is 12.6. The zero-order chi connectivity index (χ0) is 14.5. The number of hydrogen-bond donors (Lipinski definition) is 1.